The van der Waals surface area contributed by atoms with Crippen LogP contribution in [0.2, 0.25) is 0 Å². The molecule has 0 saturated carbocycles. The van der Waals surface area contributed by atoms with Crippen molar-refractivity contribution in [1.29, 1.82) is 0 Å². The molecule has 2 amide bonds. The van der Waals surface area contributed by atoms with Crippen molar-refractivity contribution in [2.45, 2.75) is 44.4 Å². The highest BCUT2D eigenvalue weighted by Crippen LogP contribution is 2.25. The standard InChI is InChI=1S/C25H33N5O3/c31-23(17-28-10-7-19-3-1-2-4-21(19)15-28)18-30-12-11-29(25(30)32)16-22-5-6-24(27-26-22)20-8-13-33-14-9-20/h1-6,20,23,31H,7-18H2/t23-/m1/s1. The van der Waals surface area contributed by atoms with E-state index in [1.54, 1.807) is 9.80 Å². The van der Waals surface area contributed by atoms with E-state index in [4.69, 9.17) is 4.74 Å². The van der Waals surface area contributed by atoms with Gasteiger partial charge in [-0.3, -0.25) is 4.90 Å². The molecule has 1 aromatic carbocycles. The third-order valence-corrected chi connectivity index (χ3v) is 7.02. The summed E-state index contributed by atoms with van der Waals surface area (Å²) in [6.45, 7) is 6.03. The number of aliphatic hydroxyl groups excluding tert-OH is 1. The number of aliphatic hydroxyl groups is 1. The highest BCUT2D eigenvalue weighted by atomic mass is 16.5. The Morgan fingerprint density at radius 1 is 0.970 bits per heavy atom. The molecule has 2 saturated heterocycles. The molecule has 0 unspecified atom stereocenters. The fourth-order valence-corrected chi connectivity index (χ4v) is 5.13. The summed E-state index contributed by atoms with van der Waals surface area (Å²) in [6.07, 6.45) is 2.42. The molecule has 5 rings (SSSR count). The molecular weight excluding hydrogens is 418 g/mol. The van der Waals surface area contributed by atoms with Crippen LogP contribution in [-0.2, 0) is 24.2 Å². The van der Waals surface area contributed by atoms with Crippen LogP contribution in [0.4, 0.5) is 4.79 Å². The van der Waals surface area contributed by atoms with Gasteiger partial charge in [-0.25, -0.2) is 4.79 Å². The Kier molecular flexibility index (Phi) is 6.85. The van der Waals surface area contributed by atoms with Gasteiger partial charge in [0.25, 0.3) is 0 Å². The fourth-order valence-electron chi connectivity index (χ4n) is 5.13. The van der Waals surface area contributed by atoms with Gasteiger partial charge < -0.3 is 19.6 Å². The van der Waals surface area contributed by atoms with Crippen LogP contribution in [0.25, 0.3) is 0 Å². The molecule has 2 fully saturated rings. The minimum Gasteiger partial charge on any atom is -0.390 e. The van der Waals surface area contributed by atoms with Gasteiger partial charge in [0, 0.05) is 58.4 Å². The summed E-state index contributed by atoms with van der Waals surface area (Å²) in [5.41, 5.74) is 4.55. The predicted molar refractivity (Wildman–Crippen MR) is 124 cm³/mol. The third kappa shape index (κ3) is 5.34. The maximum Gasteiger partial charge on any atom is 0.320 e. The summed E-state index contributed by atoms with van der Waals surface area (Å²) in [6, 6.07) is 12.5. The molecule has 8 heteroatoms. The normalized spacial score (nSPS) is 20.8. The monoisotopic (exact) mass is 451 g/mol. The predicted octanol–water partition coefficient (Wildman–Crippen LogP) is 2.03. The van der Waals surface area contributed by atoms with Crippen LogP contribution < -0.4 is 0 Å². The van der Waals surface area contributed by atoms with E-state index in [-0.39, 0.29) is 6.03 Å². The molecule has 3 aliphatic heterocycles. The van der Waals surface area contributed by atoms with E-state index in [0.29, 0.717) is 38.6 Å². The summed E-state index contributed by atoms with van der Waals surface area (Å²) in [7, 11) is 0. The van der Waals surface area contributed by atoms with E-state index < -0.39 is 6.10 Å². The molecule has 0 spiro atoms. The molecule has 1 atom stereocenters. The maximum atomic E-state index is 12.9. The van der Waals surface area contributed by atoms with Crippen LogP contribution in [0, 0.1) is 0 Å². The average Bonchev–Trinajstić information content (AvgIpc) is 3.18. The number of carbonyl (C=O) groups is 1. The number of carbonyl (C=O) groups excluding carboxylic acids is 1. The molecule has 176 valence electrons. The van der Waals surface area contributed by atoms with Crippen LogP contribution in [0.1, 0.15) is 41.3 Å². The van der Waals surface area contributed by atoms with Crippen LogP contribution in [0.3, 0.4) is 0 Å². The van der Waals surface area contributed by atoms with E-state index in [1.165, 1.54) is 11.1 Å². The van der Waals surface area contributed by atoms with E-state index in [9.17, 15) is 9.90 Å². The Balaban J connectivity index is 1.10. The van der Waals surface area contributed by atoms with Gasteiger partial charge in [0.15, 0.2) is 0 Å². The van der Waals surface area contributed by atoms with Crippen LogP contribution in [0.5, 0.6) is 0 Å². The molecule has 0 aliphatic carbocycles. The molecule has 1 N–H and O–H groups in total. The number of hydrogen-bond donors (Lipinski definition) is 1. The van der Waals surface area contributed by atoms with Crippen molar-refractivity contribution in [2.75, 3.05) is 45.9 Å². The molecule has 0 radical (unpaired) electrons. The Morgan fingerprint density at radius 2 is 1.76 bits per heavy atom. The molecule has 33 heavy (non-hydrogen) atoms. The molecule has 0 bridgehead atoms. The van der Waals surface area contributed by atoms with Crippen molar-refractivity contribution >= 4 is 6.03 Å². The minimum atomic E-state index is -0.558. The third-order valence-electron chi connectivity index (χ3n) is 7.02. The molecule has 4 heterocycles. The lowest BCUT2D eigenvalue weighted by molar-refractivity contribution is 0.0811. The molecule has 1 aromatic heterocycles. The number of hydrogen-bond acceptors (Lipinski definition) is 6. The first kappa shape index (κ1) is 22.3. The second-order valence-electron chi connectivity index (χ2n) is 9.39. The van der Waals surface area contributed by atoms with Gasteiger partial charge in [0.1, 0.15) is 0 Å². The lowest BCUT2D eigenvalue weighted by Crippen LogP contribution is -2.43. The Morgan fingerprint density at radius 3 is 2.55 bits per heavy atom. The summed E-state index contributed by atoms with van der Waals surface area (Å²) in [4.78, 5) is 18.7. The topological polar surface area (TPSA) is 82.0 Å². The molecular formula is C25H33N5O3. The maximum absolute atomic E-state index is 12.9. The number of ether oxygens (including phenoxy) is 1. The van der Waals surface area contributed by atoms with Crippen molar-refractivity contribution in [1.82, 2.24) is 24.9 Å². The van der Waals surface area contributed by atoms with Gasteiger partial charge in [0.2, 0.25) is 0 Å². The SMILES string of the molecule is O=C1N(Cc2ccc(C3CCOCC3)nn2)CCN1C[C@H](O)CN1CCc2ccccc2C1. The van der Waals surface area contributed by atoms with Crippen LogP contribution in [0.15, 0.2) is 36.4 Å². The summed E-state index contributed by atoms with van der Waals surface area (Å²) in [5.74, 6) is 0.416. The Labute approximate surface area is 195 Å². The lowest BCUT2D eigenvalue weighted by Gasteiger charge is -2.31. The van der Waals surface area contributed by atoms with Gasteiger partial charge in [-0.05, 0) is 42.5 Å². The van der Waals surface area contributed by atoms with Gasteiger partial charge in [-0.2, -0.15) is 10.2 Å². The van der Waals surface area contributed by atoms with Crippen molar-refractivity contribution in [3.63, 3.8) is 0 Å². The van der Waals surface area contributed by atoms with Gasteiger partial charge >= 0.3 is 6.03 Å². The number of β-amino-alcohol motifs (C(OH)–C–C–N with tert-alkyl or cyclic N) is 1. The number of urea groups is 1. The quantitative estimate of drug-likeness (QED) is 0.694. The first-order valence-corrected chi connectivity index (χ1v) is 12.1. The van der Waals surface area contributed by atoms with Crippen LogP contribution >= 0.6 is 0 Å². The number of benzene rings is 1. The van der Waals surface area contributed by atoms with E-state index in [2.05, 4.69) is 39.4 Å². The highest BCUT2D eigenvalue weighted by molar-refractivity contribution is 5.76. The lowest BCUT2D eigenvalue weighted by atomic mass is 9.96. The second-order valence-corrected chi connectivity index (χ2v) is 9.39. The number of nitrogens with zero attached hydrogens (tertiary/aromatic N) is 5. The zero-order valence-corrected chi connectivity index (χ0v) is 19.1. The Hall–Kier alpha value is -2.55. The number of fused-ring (bicyclic) bond motifs is 1. The number of amides is 2. The smallest absolute Gasteiger partial charge is 0.320 e. The van der Waals surface area contributed by atoms with Gasteiger partial charge in [-0.1, -0.05) is 24.3 Å². The van der Waals surface area contributed by atoms with E-state index in [1.807, 2.05) is 12.1 Å². The molecule has 2 aromatic rings. The van der Waals surface area contributed by atoms with Crippen molar-refractivity contribution in [3.8, 4) is 0 Å². The van der Waals surface area contributed by atoms with Crippen molar-refractivity contribution in [2.24, 2.45) is 0 Å². The number of rotatable bonds is 7. The average molecular weight is 452 g/mol. The summed E-state index contributed by atoms with van der Waals surface area (Å²) >= 11 is 0. The first-order chi connectivity index (χ1) is 16.2. The zero-order valence-electron chi connectivity index (χ0n) is 19.1. The van der Waals surface area contributed by atoms with Crippen molar-refractivity contribution < 1.29 is 14.6 Å². The van der Waals surface area contributed by atoms with Gasteiger partial charge in [-0.15, -0.1) is 0 Å². The fraction of sp³-hybridized carbons (Fsp3) is 0.560. The molecule has 8 nitrogen and oxygen atoms in total. The summed E-state index contributed by atoms with van der Waals surface area (Å²) < 4.78 is 5.42. The largest absolute Gasteiger partial charge is 0.390 e. The van der Waals surface area contributed by atoms with Gasteiger partial charge in [0.05, 0.1) is 24.0 Å². The van der Waals surface area contributed by atoms with E-state index >= 15 is 0 Å². The van der Waals surface area contributed by atoms with Crippen molar-refractivity contribution in [3.05, 3.63) is 58.9 Å². The first-order valence-electron chi connectivity index (χ1n) is 12.1. The van der Waals surface area contributed by atoms with E-state index in [0.717, 1.165) is 57.0 Å². The number of aromatic nitrogens is 2. The second kappa shape index (κ2) is 10.2. The minimum absolute atomic E-state index is 0.0339. The Bertz CT molecular complexity index is 947. The molecule has 3 aliphatic rings. The summed E-state index contributed by atoms with van der Waals surface area (Å²) in [5, 5.41) is 19.5. The zero-order chi connectivity index (χ0) is 22.6. The van der Waals surface area contributed by atoms with Crippen LogP contribution in [-0.4, -0.2) is 88.1 Å². The highest BCUT2D eigenvalue weighted by Gasteiger charge is 2.31.